The van der Waals surface area contributed by atoms with Crippen molar-refractivity contribution in [1.29, 1.82) is 0 Å². The van der Waals surface area contributed by atoms with Gasteiger partial charge in [-0.25, -0.2) is 4.98 Å². The summed E-state index contributed by atoms with van der Waals surface area (Å²) in [6.45, 7) is 6.04. The maximum Gasteiger partial charge on any atom is 0.225 e. The predicted octanol–water partition coefficient (Wildman–Crippen LogP) is 4.67. The third kappa shape index (κ3) is 4.60. The van der Waals surface area contributed by atoms with Gasteiger partial charge in [-0.3, -0.25) is 0 Å². The minimum absolute atomic E-state index is 0.178. The molecule has 1 aromatic carbocycles. The average Bonchev–Trinajstić information content (AvgIpc) is 3.01. The molecule has 5 heteroatoms. The maximum absolute atomic E-state index is 5.67. The van der Waals surface area contributed by atoms with Crippen LogP contribution in [0.25, 0.3) is 0 Å². The molecule has 1 aromatic heterocycles. The Hall–Kier alpha value is -2.30. The topological polar surface area (TPSA) is 59.1 Å². The van der Waals surface area contributed by atoms with Gasteiger partial charge in [0.25, 0.3) is 0 Å². The molecular weight excluding hydrogens is 300 g/mol. The lowest BCUT2D eigenvalue weighted by Crippen LogP contribution is -2.17. The van der Waals surface area contributed by atoms with Crippen molar-refractivity contribution >= 4 is 17.5 Å². The lowest BCUT2D eigenvalue weighted by Gasteiger charge is -2.14. The number of hydrogen-bond acceptors (Lipinski definition) is 5. The summed E-state index contributed by atoms with van der Waals surface area (Å²) in [4.78, 5) is 9.10. The molecule has 1 aliphatic rings. The predicted molar refractivity (Wildman–Crippen MR) is 98.1 cm³/mol. The van der Waals surface area contributed by atoms with Crippen LogP contribution in [0.4, 0.5) is 17.5 Å². The summed E-state index contributed by atoms with van der Waals surface area (Å²) in [6, 6.07) is 10.4. The van der Waals surface area contributed by atoms with Crippen molar-refractivity contribution in [3.8, 4) is 5.75 Å². The molecule has 24 heavy (non-hydrogen) atoms. The quantitative estimate of drug-likeness (QED) is 0.808. The minimum Gasteiger partial charge on any atom is -0.491 e. The Labute approximate surface area is 143 Å². The van der Waals surface area contributed by atoms with E-state index in [-0.39, 0.29) is 6.10 Å². The molecule has 1 fully saturated rings. The number of benzene rings is 1. The highest BCUT2D eigenvalue weighted by Gasteiger charge is 2.16. The molecule has 0 unspecified atom stereocenters. The molecule has 0 aliphatic heterocycles. The fraction of sp³-hybridized carbons (Fsp3) is 0.474. The second-order valence-electron chi connectivity index (χ2n) is 6.66. The van der Waals surface area contributed by atoms with Gasteiger partial charge < -0.3 is 15.4 Å². The summed E-state index contributed by atoms with van der Waals surface area (Å²) in [5, 5.41) is 6.80. The van der Waals surface area contributed by atoms with Crippen LogP contribution in [0.2, 0.25) is 0 Å². The van der Waals surface area contributed by atoms with Gasteiger partial charge in [-0.2, -0.15) is 4.98 Å². The zero-order chi connectivity index (χ0) is 16.9. The average molecular weight is 326 g/mol. The van der Waals surface area contributed by atoms with Gasteiger partial charge in [0.15, 0.2) is 0 Å². The van der Waals surface area contributed by atoms with E-state index in [1.165, 1.54) is 25.7 Å². The molecule has 0 bridgehead atoms. The van der Waals surface area contributed by atoms with Gasteiger partial charge >= 0.3 is 0 Å². The van der Waals surface area contributed by atoms with Crippen LogP contribution in [0.5, 0.6) is 5.75 Å². The number of aromatic nitrogens is 2. The van der Waals surface area contributed by atoms with E-state index in [0.717, 1.165) is 22.9 Å². The number of nitrogens with one attached hydrogen (secondary N) is 2. The van der Waals surface area contributed by atoms with Crippen LogP contribution in [-0.4, -0.2) is 22.1 Å². The molecular formula is C19H26N4O. The highest BCUT2D eigenvalue weighted by Crippen LogP contribution is 2.23. The number of hydrogen-bond donors (Lipinski definition) is 2. The first-order valence-electron chi connectivity index (χ1n) is 8.74. The molecule has 0 saturated heterocycles. The Balaban J connectivity index is 1.68. The fourth-order valence-corrected chi connectivity index (χ4v) is 2.99. The van der Waals surface area contributed by atoms with Gasteiger partial charge in [0.05, 0.1) is 6.10 Å². The van der Waals surface area contributed by atoms with Crippen molar-refractivity contribution in [2.24, 2.45) is 0 Å². The van der Waals surface area contributed by atoms with Crippen LogP contribution < -0.4 is 15.4 Å². The summed E-state index contributed by atoms with van der Waals surface area (Å²) in [5.41, 5.74) is 1.93. The van der Waals surface area contributed by atoms with E-state index >= 15 is 0 Å². The first-order valence-corrected chi connectivity index (χ1v) is 8.74. The van der Waals surface area contributed by atoms with E-state index in [1.54, 1.807) is 0 Å². The van der Waals surface area contributed by atoms with Crippen molar-refractivity contribution in [3.63, 3.8) is 0 Å². The van der Waals surface area contributed by atoms with Gasteiger partial charge in [-0.1, -0.05) is 12.8 Å². The second kappa shape index (κ2) is 7.51. The van der Waals surface area contributed by atoms with Gasteiger partial charge in [-0.05, 0) is 57.9 Å². The molecule has 1 saturated carbocycles. The van der Waals surface area contributed by atoms with Crippen LogP contribution in [0.1, 0.15) is 45.2 Å². The number of nitrogens with zero attached hydrogens (tertiary/aromatic N) is 2. The van der Waals surface area contributed by atoms with E-state index in [9.17, 15) is 0 Å². The zero-order valence-electron chi connectivity index (χ0n) is 14.7. The fourth-order valence-electron chi connectivity index (χ4n) is 2.99. The number of ether oxygens (including phenoxy) is 1. The minimum atomic E-state index is 0.178. The summed E-state index contributed by atoms with van der Waals surface area (Å²) in [5.74, 6) is 2.39. The van der Waals surface area contributed by atoms with E-state index < -0.39 is 0 Å². The van der Waals surface area contributed by atoms with Crippen molar-refractivity contribution in [1.82, 2.24) is 9.97 Å². The summed E-state index contributed by atoms with van der Waals surface area (Å²) >= 11 is 0. The standard InChI is InChI=1S/C19H26N4O/c1-13(2)24-17-10-8-16(9-11-17)21-18-12-14(3)20-19(23-18)22-15-6-4-5-7-15/h8-13,15H,4-7H2,1-3H3,(H2,20,21,22,23). The van der Waals surface area contributed by atoms with E-state index in [1.807, 2.05) is 51.1 Å². The van der Waals surface area contributed by atoms with Crippen molar-refractivity contribution < 1.29 is 4.74 Å². The first-order chi connectivity index (χ1) is 11.6. The van der Waals surface area contributed by atoms with Crippen LogP contribution in [-0.2, 0) is 0 Å². The Bertz CT molecular complexity index is 664. The Kier molecular flexibility index (Phi) is 5.18. The van der Waals surface area contributed by atoms with E-state index in [0.29, 0.717) is 12.0 Å². The SMILES string of the molecule is Cc1cc(Nc2ccc(OC(C)C)cc2)nc(NC2CCCC2)n1. The van der Waals surface area contributed by atoms with Gasteiger partial charge in [0, 0.05) is 23.5 Å². The Morgan fingerprint density at radius 3 is 2.46 bits per heavy atom. The Morgan fingerprint density at radius 1 is 1.08 bits per heavy atom. The largest absolute Gasteiger partial charge is 0.491 e. The highest BCUT2D eigenvalue weighted by atomic mass is 16.5. The lowest BCUT2D eigenvalue weighted by atomic mass is 10.2. The molecule has 0 amide bonds. The summed E-state index contributed by atoms with van der Waals surface area (Å²) in [7, 11) is 0. The van der Waals surface area contributed by atoms with Crippen molar-refractivity contribution in [2.75, 3.05) is 10.6 Å². The third-order valence-corrected chi connectivity index (χ3v) is 4.04. The van der Waals surface area contributed by atoms with Crippen molar-refractivity contribution in [2.45, 2.75) is 58.6 Å². The second-order valence-corrected chi connectivity index (χ2v) is 6.66. The summed E-state index contributed by atoms with van der Waals surface area (Å²) in [6.07, 6.45) is 5.17. The number of anilines is 3. The van der Waals surface area contributed by atoms with Gasteiger partial charge in [-0.15, -0.1) is 0 Å². The molecule has 2 aromatic rings. The van der Waals surface area contributed by atoms with Crippen LogP contribution in [0, 0.1) is 6.92 Å². The molecule has 1 aliphatic carbocycles. The van der Waals surface area contributed by atoms with Crippen LogP contribution in [0.3, 0.4) is 0 Å². The molecule has 0 radical (unpaired) electrons. The molecule has 128 valence electrons. The normalized spacial score (nSPS) is 14.8. The Morgan fingerprint density at radius 2 is 1.79 bits per heavy atom. The molecule has 5 nitrogen and oxygen atoms in total. The van der Waals surface area contributed by atoms with Gasteiger partial charge in [0.1, 0.15) is 11.6 Å². The smallest absolute Gasteiger partial charge is 0.225 e. The maximum atomic E-state index is 5.67. The van der Waals surface area contributed by atoms with E-state index in [4.69, 9.17) is 4.74 Å². The number of rotatable bonds is 6. The zero-order valence-corrected chi connectivity index (χ0v) is 14.7. The molecule has 0 atom stereocenters. The summed E-state index contributed by atoms with van der Waals surface area (Å²) < 4.78 is 5.67. The number of aryl methyl sites for hydroxylation is 1. The molecule has 1 heterocycles. The first kappa shape index (κ1) is 16.6. The monoisotopic (exact) mass is 326 g/mol. The highest BCUT2D eigenvalue weighted by molar-refractivity contribution is 5.58. The lowest BCUT2D eigenvalue weighted by molar-refractivity contribution is 0.242. The van der Waals surface area contributed by atoms with E-state index in [2.05, 4.69) is 20.6 Å². The van der Waals surface area contributed by atoms with Crippen molar-refractivity contribution in [3.05, 3.63) is 36.0 Å². The third-order valence-electron chi connectivity index (χ3n) is 4.04. The molecule has 2 N–H and O–H groups in total. The molecule has 0 spiro atoms. The van der Waals surface area contributed by atoms with Gasteiger partial charge in [0.2, 0.25) is 5.95 Å². The van der Waals surface area contributed by atoms with Crippen LogP contribution in [0.15, 0.2) is 30.3 Å². The van der Waals surface area contributed by atoms with Crippen LogP contribution >= 0.6 is 0 Å². The molecule has 3 rings (SSSR count).